The molecule has 0 aliphatic heterocycles. The van der Waals surface area contributed by atoms with E-state index in [-0.39, 0.29) is 6.67 Å². The number of aromatic amines is 1. The topological polar surface area (TPSA) is 41.6 Å². The second-order valence-electron chi connectivity index (χ2n) is 1.72. The summed E-state index contributed by atoms with van der Waals surface area (Å²) >= 11 is 0. The molecule has 0 amide bonds. The normalized spacial score (nSPS) is 9.89. The summed E-state index contributed by atoms with van der Waals surface area (Å²) < 4.78 is 11.5. The quantitative estimate of drug-likeness (QED) is 0.652. The van der Waals surface area contributed by atoms with Crippen LogP contribution in [0, 0.1) is 0 Å². The second-order valence-corrected chi connectivity index (χ2v) is 1.72. The third kappa shape index (κ3) is 1.79. The smallest absolute Gasteiger partial charge is 0.137 e. The molecule has 0 aliphatic carbocycles. The number of nitrogens with zero attached hydrogens (tertiary/aromatic N) is 2. The van der Waals surface area contributed by atoms with E-state index in [1.54, 1.807) is 0 Å². The lowest BCUT2D eigenvalue weighted by molar-refractivity contribution is 0.469. The first-order valence-electron chi connectivity index (χ1n) is 2.83. The highest BCUT2D eigenvalue weighted by Gasteiger charge is 1.92. The van der Waals surface area contributed by atoms with E-state index in [0.717, 1.165) is 5.82 Å². The lowest BCUT2D eigenvalue weighted by atomic mass is 10.3. The van der Waals surface area contributed by atoms with E-state index in [1.807, 2.05) is 0 Å². The minimum Gasteiger partial charge on any atom is -0.263 e. The number of nitrogens with one attached hydrogen (secondary N) is 1. The number of aryl methyl sites for hydroxylation is 1. The van der Waals surface area contributed by atoms with Gasteiger partial charge in [-0.25, -0.2) is 4.98 Å². The van der Waals surface area contributed by atoms with Crippen LogP contribution >= 0.6 is 0 Å². The zero-order valence-electron chi connectivity index (χ0n) is 4.97. The number of alkyl halides is 1. The number of hydrogen-bond donors (Lipinski definition) is 1. The lowest BCUT2D eigenvalue weighted by Gasteiger charge is -1.87. The molecule has 0 radical (unpaired) electrons. The summed E-state index contributed by atoms with van der Waals surface area (Å²) in [5.74, 6) is 0.757. The molecule has 50 valence electrons. The first-order valence-corrected chi connectivity index (χ1v) is 2.83. The van der Waals surface area contributed by atoms with Crippen LogP contribution in [0.4, 0.5) is 4.39 Å². The van der Waals surface area contributed by atoms with Crippen molar-refractivity contribution in [1.29, 1.82) is 0 Å². The summed E-state index contributed by atoms with van der Waals surface area (Å²) in [5, 5.41) is 6.26. The van der Waals surface area contributed by atoms with E-state index < -0.39 is 0 Å². The Hall–Kier alpha value is -0.930. The van der Waals surface area contributed by atoms with Crippen molar-refractivity contribution >= 4 is 0 Å². The average Bonchev–Trinajstić information content (AvgIpc) is 2.34. The van der Waals surface area contributed by atoms with Crippen molar-refractivity contribution < 1.29 is 4.39 Å². The van der Waals surface area contributed by atoms with Gasteiger partial charge < -0.3 is 0 Å². The Morgan fingerprint density at radius 2 is 2.56 bits per heavy atom. The third-order valence-corrected chi connectivity index (χ3v) is 1.01. The van der Waals surface area contributed by atoms with E-state index in [4.69, 9.17) is 0 Å². The number of hydrogen-bond acceptors (Lipinski definition) is 2. The van der Waals surface area contributed by atoms with Gasteiger partial charge in [0.05, 0.1) is 6.67 Å². The predicted octanol–water partition coefficient (Wildman–Crippen LogP) is 0.707. The standard InChI is InChI=1S/C5H8FN3/c6-3-1-2-5-7-4-8-9-5/h4H,1-3H2,(H,7,8,9). The van der Waals surface area contributed by atoms with Crippen LogP contribution in [0.3, 0.4) is 0 Å². The van der Waals surface area contributed by atoms with Gasteiger partial charge in [0.15, 0.2) is 0 Å². The van der Waals surface area contributed by atoms with Crippen molar-refractivity contribution in [3.8, 4) is 0 Å². The first kappa shape index (κ1) is 6.19. The molecule has 0 bridgehead atoms. The molecule has 1 aromatic heterocycles. The van der Waals surface area contributed by atoms with Gasteiger partial charge in [0, 0.05) is 6.42 Å². The molecular weight excluding hydrogens is 121 g/mol. The first-order chi connectivity index (χ1) is 4.43. The fourth-order valence-electron chi connectivity index (χ4n) is 0.586. The van der Waals surface area contributed by atoms with Crippen molar-refractivity contribution in [2.75, 3.05) is 6.67 Å². The van der Waals surface area contributed by atoms with Gasteiger partial charge in [0.2, 0.25) is 0 Å². The van der Waals surface area contributed by atoms with Crippen LogP contribution in [0.15, 0.2) is 6.33 Å². The van der Waals surface area contributed by atoms with Gasteiger partial charge in [-0.3, -0.25) is 9.49 Å². The van der Waals surface area contributed by atoms with E-state index >= 15 is 0 Å². The van der Waals surface area contributed by atoms with Crippen LogP contribution in [-0.2, 0) is 6.42 Å². The highest BCUT2D eigenvalue weighted by atomic mass is 19.1. The molecule has 0 aliphatic rings. The van der Waals surface area contributed by atoms with Crippen molar-refractivity contribution in [2.45, 2.75) is 12.8 Å². The van der Waals surface area contributed by atoms with E-state index in [2.05, 4.69) is 15.2 Å². The minimum atomic E-state index is -0.291. The Kier molecular flexibility index (Phi) is 2.18. The summed E-state index contributed by atoms with van der Waals surface area (Å²) in [7, 11) is 0. The Labute approximate surface area is 52.3 Å². The van der Waals surface area contributed by atoms with Crippen molar-refractivity contribution in [1.82, 2.24) is 15.2 Å². The molecule has 1 aromatic rings. The highest BCUT2D eigenvalue weighted by molar-refractivity contribution is 4.78. The van der Waals surface area contributed by atoms with Crippen LogP contribution in [0.5, 0.6) is 0 Å². The average molecular weight is 129 g/mol. The van der Waals surface area contributed by atoms with Gasteiger partial charge in [-0.1, -0.05) is 0 Å². The molecule has 0 aromatic carbocycles. The zero-order valence-corrected chi connectivity index (χ0v) is 4.97. The molecule has 1 heterocycles. The van der Waals surface area contributed by atoms with Crippen LogP contribution < -0.4 is 0 Å². The Balaban J connectivity index is 2.30. The van der Waals surface area contributed by atoms with Gasteiger partial charge in [-0.2, -0.15) is 5.10 Å². The summed E-state index contributed by atoms with van der Waals surface area (Å²) in [4.78, 5) is 3.82. The molecule has 1 rings (SSSR count). The monoisotopic (exact) mass is 129 g/mol. The molecule has 0 saturated carbocycles. The van der Waals surface area contributed by atoms with Crippen LogP contribution in [0.25, 0.3) is 0 Å². The number of aromatic nitrogens is 3. The molecule has 0 spiro atoms. The molecule has 0 atom stereocenters. The SMILES string of the molecule is FCCCc1ncn[nH]1. The molecule has 0 fully saturated rings. The predicted molar refractivity (Wildman–Crippen MR) is 30.7 cm³/mol. The van der Waals surface area contributed by atoms with Gasteiger partial charge in [-0.05, 0) is 6.42 Å². The van der Waals surface area contributed by atoms with E-state index in [1.165, 1.54) is 6.33 Å². The maximum Gasteiger partial charge on any atom is 0.137 e. The Morgan fingerprint density at radius 1 is 1.67 bits per heavy atom. The fraction of sp³-hybridized carbons (Fsp3) is 0.600. The Bertz CT molecular complexity index is 149. The second kappa shape index (κ2) is 3.17. The summed E-state index contributed by atoms with van der Waals surface area (Å²) in [6.45, 7) is -0.291. The van der Waals surface area contributed by atoms with Crippen molar-refractivity contribution in [2.24, 2.45) is 0 Å². The van der Waals surface area contributed by atoms with Gasteiger partial charge in [-0.15, -0.1) is 0 Å². The summed E-state index contributed by atoms with van der Waals surface area (Å²) in [6, 6.07) is 0. The van der Waals surface area contributed by atoms with Gasteiger partial charge in [0.1, 0.15) is 12.2 Å². The maximum atomic E-state index is 11.5. The van der Waals surface area contributed by atoms with Crippen LogP contribution in [0.1, 0.15) is 12.2 Å². The number of H-pyrrole nitrogens is 1. The molecule has 9 heavy (non-hydrogen) atoms. The molecular formula is C5H8FN3. The molecule has 3 nitrogen and oxygen atoms in total. The fourth-order valence-corrected chi connectivity index (χ4v) is 0.586. The van der Waals surface area contributed by atoms with Crippen LogP contribution in [0.2, 0.25) is 0 Å². The van der Waals surface area contributed by atoms with E-state index in [9.17, 15) is 4.39 Å². The molecule has 0 saturated heterocycles. The van der Waals surface area contributed by atoms with Crippen molar-refractivity contribution in [3.05, 3.63) is 12.2 Å². The number of rotatable bonds is 3. The molecule has 0 unspecified atom stereocenters. The lowest BCUT2D eigenvalue weighted by Crippen LogP contribution is -1.88. The number of halogens is 1. The Morgan fingerprint density at radius 3 is 3.11 bits per heavy atom. The minimum absolute atomic E-state index is 0.291. The maximum absolute atomic E-state index is 11.5. The zero-order chi connectivity index (χ0) is 6.53. The summed E-state index contributed by atoms with van der Waals surface area (Å²) in [6.07, 6.45) is 2.60. The van der Waals surface area contributed by atoms with Gasteiger partial charge in [0.25, 0.3) is 0 Å². The third-order valence-electron chi connectivity index (χ3n) is 1.01. The van der Waals surface area contributed by atoms with Gasteiger partial charge >= 0.3 is 0 Å². The molecule has 1 N–H and O–H groups in total. The van der Waals surface area contributed by atoms with E-state index in [0.29, 0.717) is 12.8 Å². The van der Waals surface area contributed by atoms with Crippen molar-refractivity contribution in [3.63, 3.8) is 0 Å². The largest absolute Gasteiger partial charge is 0.263 e. The summed E-state index contributed by atoms with van der Waals surface area (Å²) in [5.41, 5.74) is 0. The van der Waals surface area contributed by atoms with Crippen LogP contribution in [-0.4, -0.2) is 21.9 Å². The molecule has 4 heteroatoms. The highest BCUT2D eigenvalue weighted by Crippen LogP contribution is 1.92.